The highest BCUT2D eigenvalue weighted by Gasteiger charge is 2.11. The Kier molecular flexibility index (Phi) is 3.88. The van der Waals surface area contributed by atoms with Gasteiger partial charge in [-0.05, 0) is 48.2 Å². The molecule has 126 valence electrons. The third-order valence-corrected chi connectivity index (χ3v) is 4.39. The molecule has 0 fully saturated rings. The predicted octanol–water partition coefficient (Wildman–Crippen LogP) is 5.32. The van der Waals surface area contributed by atoms with Crippen LogP contribution in [-0.2, 0) is 6.54 Å². The topological polar surface area (TPSA) is 43.9 Å². The Morgan fingerprint density at radius 3 is 2.68 bits per heavy atom. The Morgan fingerprint density at radius 2 is 1.88 bits per heavy atom. The van der Waals surface area contributed by atoms with Gasteiger partial charge < -0.3 is 4.42 Å². The van der Waals surface area contributed by atoms with Gasteiger partial charge >= 0.3 is 0 Å². The third-order valence-electron chi connectivity index (χ3n) is 4.39. The van der Waals surface area contributed by atoms with Crippen molar-refractivity contribution in [2.45, 2.75) is 27.3 Å². The van der Waals surface area contributed by atoms with Crippen LogP contribution in [0.2, 0.25) is 0 Å². The molecule has 2 aromatic carbocycles. The van der Waals surface area contributed by atoms with Crippen molar-refractivity contribution in [3.8, 4) is 22.5 Å². The molecule has 0 saturated carbocycles. The number of furan rings is 1. The zero-order valence-corrected chi connectivity index (χ0v) is 14.7. The summed E-state index contributed by atoms with van der Waals surface area (Å²) in [5.41, 5.74) is 6.53. The minimum Gasteiger partial charge on any atom is -0.464 e. The summed E-state index contributed by atoms with van der Waals surface area (Å²) in [4.78, 5) is 0. The summed E-state index contributed by atoms with van der Waals surface area (Å²) < 4.78 is 7.82. The van der Waals surface area contributed by atoms with E-state index in [1.807, 2.05) is 23.1 Å². The first kappa shape index (κ1) is 15.6. The quantitative estimate of drug-likeness (QED) is 0.508. The summed E-state index contributed by atoms with van der Waals surface area (Å²) in [6.45, 7) is 7.33. The van der Waals surface area contributed by atoms with Crippen molar-refractivity contribution < 1.29 is 4.42 Å². The van der Waals surface area contributed by atoms with E-state index in [0.29, 0.717) is 5.92 Å². The molecule has 2 heterocycles. The lowest BCUT2D eigenvalue weighted by Gasteiger charge is -2.05. The van der Waals surface area contributed by atoms with Gasteiger partial charge in [-0.15, -0.1) is 5.10 Å². The number of aryl methyl sites for hydroxylation is 1. The molecule has 0 aliphatic carbocycles. The second-order valence-corrected chi connectivity index (χ2v) is 6.88. The van der Waals surface area contributed by atoms with E-state index >= 15 is 0 Å². The average Bonchev–Trinajstić information content (AvgIpc) is 3.22. The van der Waals surface area contributed by atoms with E-state index in [2.05, 4.69) is 67.5 Å². The van der Waals surface area contributed by atoms with Crippen LogP contribution in [0.3, 0.4) is 0 Å². The summed E-state index contributed by atoms with van der Waals surface area (Å²) in [6.07, 6.45) is 1.82. The number of hydrogen-bond donors (Lipinski definition) is 0. The Bertz CT molecular complexity index is 1030. The van der Waals surface area contributed by atoms with E-state index < -0.39 is 0 Å². The van der Waals surface area contributed by atoms with Gasteiger partial charge in [-0.25, -0.2) is 4.68 Å². The van der Waals surface area contributed by atoms with Crippen molar-refractivity contribution in [1.82, 2.24) is 15.0 Å². The lowest BCUT2D eigenvalue weighted by atomic mass is 10.0. The molecule has 4 aromatic rings. The van der Waals surface area contributed by atoms with E-state index in [-0.39, 0.29) is 0 Å². The van der Waals surface area contributed by atoms with Crippen LogP contribution < -0.4 is 0 Å². The van der Waals surface area contributed by atoms with Crippen molar-refractivity contribution in [1.29, 1.82) is 0 Å². The Labute approximate surface area is 147 Å². The van der Waals surface area contributed by atoms with Crippen LogP contribution in [0.25, 0.3) is 33.5 Å². The first-order valence-corrected chi connectivity index (χ1v) is 8.60. The average molecular weight is 331 g/mol. The highest BCUT2D eigenvalue weighted by atomic mass is 16.3. The zero-order valence-electron chi connectivity index (χ0n) is 14.7. The minimum absolute atomic E-state index is 0.518. The van der Waals surface area contributed by atoms with Gasteiger partial charge in [-0.1, -0.05) is 43.3 Å². The molecule has 4 rings (SSSR count). The summed E-state index contributed by atoms with van der Waals surface area (Å²) >= 11 is 0. The van der Waals surface area contributed by atoms with Gasteiger partial charge in [0.25, 0.3) is 0 Å². The van der Waals surface area contributed by atoms with Gasteiger partial charge in [0, 0.05) is 17.7 Å². The van der Waals surface area contributed by atoms with Crippen molar-refractivity contribution in [3.05, 3.63) is 60.4 Å². The standard InChI is InChI=1S/C21H21N3O/c1-14(2)12-24-20-10-16(8-9-19(20)22-23-24)21-11-17(13-25-21)18-7-5-4-6-15(18)3/h4-11,13-14H,12H2,1-3H3. The third kappa shape index (κ3) is 2.95. The maximum absolute atomic E-state index is 5.86. The lowest BCUT2D eigenvalue weighted by molar-refractivity contribution is 0.483. The molecular weight excluding hydrogens is 310 g/mol. The minimum atomic E-state index is 0.518. The molecule has 0 amide bonds. The highest BCUT2D eigenvalue weighted by molar-refractivity contribution is 5.81. The van der Waals surface area contributed by atoms with E-state index in [4.69, 9.17) is 4.42 Å². The van der Waals surface area contributed by atoms with Crippen molar-refractivity contribution in [3.63, 3.8) is 0 Å². The molecule has 4 nitrogen and oxygen atoms in total. The summed E-state index contributed by atoms with van der Waals surface area (Å²) in [7, 11) is 0. The van der Waals surface area contributed by atoms with Crippen LogP contribution in [-0.4, -0.2) is 15.0 Å². The summed E-state index contributed by atoms with van der Waals surface area (Å²) in [6, 6.07) is 16.6. The van der Waals surface area contributed by atoms with Crippen LogP contribution in [0.1, 0.15) is 19.4 Å². The molecule has 0 bridgehead atoms. The number of hydrogen-bond acceptors (Lipinski definition) is 3. The van der Waals surface area contributed by atoms with Crippen molar-refractivity contribution in [2.75, 3.05) is 0 Å². The van der Waals surface area contributed by atoms with Crippen LogP contribution in [0, 0.1) is 12.8 Å². The Morgan fingerprint density at radius 1 is 1.04 bits per heavy atom. The summed E-state index contributed by atoms with van der Waals surface area (Å²) in [5, 5.41) is 8.52. The maximum atomic E-state index is 5.86. The first-order chi connectivity index (χ1) is 12.1. The maximum Gasteiger partial charge on any atom is 0.134 e. The van der Waals surface area contributed by atoms with Gasteiger partial charge in [-0.3, -0.25) is 0 Å². The molecule has 25 heavy (non-hydrogen) atoms. The normalized spacial score (nSPS) is 11.5. The van der Waals surface area contributed by atoms with Crippen LogP contribution in [0.15, 0.2) is 59.2 Å². The molecular formula is C21H21N3O. The molecule has 0 aliphatic heterocycles. The molecule has 4 heteroatoms. The summed E-state index contributed by atoms with van der Waals surface area (Å²) in [5.74, 6) is 1.38. The zero-order chi connectivity index (χ0) is 17.4. The molecule has 0 saturated heterocycles. The van der Waals surface area contributed by atoms with Gasteiger partial charge in [-0.2, -0.15) is 0 Å². The van der Waals surface area contributed by atoms with Crippen molar-refractivity contribution >= 4 is 11.0 Å². The number of aromatic nitrogens is 3. The van der Waals surface area contributed by atoms with E-state index in [0.717, 1.165) is 34.5 Å². The first-order valence-electron chi connectivity index (χ1n) is 8.60. The second kappa shape index (κ2) is 6.20. The fourth-order valence-corrected chi connectivity index (χ4v) is 3.12. The molecule has 0 radical (unpaired) electrons. The number of fused-ring (bicyclic) bond motifs is 1. The largest absolute Gasteiger partial charge is 0.464 e. The fraction of sp³-hybridized carbons (Fsp3) is 0.238. The molecule has 0 unspecified atom stereocenters. The molecule has 0 atom stereocenters. The van der Waals surface area contributed by atoms with E-state index in [1.54, 1.807) is 0 Å². The monoisotopic (exact) mass is 331 g/mol. The molecule has 2 aromatic heterocycles. The second-order valence-electron chi connectivity index (χ2n) is 6.88. The van der Waals surface area contributed by atoms with Crippen LogP contribution in [0.4, 0.5) is 0 Å². The van der Waals surface area contributed by atoms with Crippen LogP contribution in [0.5, 0.6) is 0 Å². The SMILES string of the molecule is Cc1ccccc1-c1coc(-c2ccc3nnn(CC(C)C)c3c2)c1. The van der Waals surface area contributed by atoms with Gasteiger partial charge in [0.05, 0.1) is 11.8 Å². The predicted molar refractivity (Wildman–Crippen MR) is 100 cm³/mol. The van der Waals surface area contributed by atoms with Gasteiger partial charge in [0.15, 0.2) is 0 Å². The smallest absolute Gasteiger partial charge is 0.134 e. The molecule has 0 spiro atoms. The lowest BCUT2D eigenvalue weighted by Crippen LogP contribution is -2.05. The van der Waals surface area contributed by atoms with Gasteiger partial charge in [0.1, 0.15) is 11.3 Å². The van der Waals surface area contributed by atoms with E-state index in [9.17, 15) is 0 Å². The fourth-order valence-electron chi connectivity index (χ4n) is 3.12. The van der Waals surface area contributed by atoms with Crippen LogP contribution >= 0.6 is 0 Å². The number of benzene rings is 2. The molecule has 0 aliphatic rings. The van der Waals surface area contributed by atoms with Gasteiger partial charge in [0.2, 0.25) is 0 Å². The Hall–Kier alpha value is -2.88. The van der Waals surface area contributed by atoms with E-state index in [1.165, 1.54) is 11.1 Å². The molecule has 0 N–H and O–H groups in total. The Balaban J connectivity index is 1.74. The van der Waals surface area contributed by atoms with Crippen molar-refractivity contribution in [2.24, 2.45) is 5.92 Å². The number of nitrogens with zero attached hydrogens (tertiary/aromatic N) is 3. The highest BCUT2D eigenvalue weighted by Crippen LogP contribution is 2.31. The number of rotatable bonds is 4.